The van der Waals surface area contributed by atoms with Gasteiger partial charge in [0.1, 0.15) is 6.04 Å². The van der Waals surface area contributed by atoms with Gasteiger partial charge in [0.25, 0.3) is 0 Å². The molecule has 1 heterocycles. The molecule has 1 aromatic rings. The van der Waals surface area contributed by atoms with Crippen LogP contribution in [0.1, 0.15) is 18.4 Å². The second-order valence-corrected chi connectivity index (χ2v) is 5.52. The van der Waals surface area contributed by atoms with Gasteiger partial charge in [0, 0.05) is 11.6 Å². The molecule has 0 unspecified atom stereocenters. The standard InChI is InChI=1S/C13H14Cl2N2O3/c1-7-5-9(15)10(6-8(7)14)16-13(20)17-4-2-3-11(17)12(18)19/h5-6,11H,2-4H2,1H3,(H,16,20)(H,18,19)/t11-/m0/s1. The third-order valence-corrected chi connectivity index (χ3v) is 4.01. The molecule has 1 atom stereocenters. The highest BCUT2D eigenvalue weighted by atomic mass is 35.5. The highest BCUT2D eigenvalue weighted by molar-refractivity contribution is 6.36. The fourth-order valence-corrected chi connectivity index (χ4v) is 2.62. The van der Waals surface area contributed by atoms with Crippen molar-refractivity contribution in [2.24, 2.45) is 0 Å². The molecule has 0 spiro atoms. The number of anilines is 1. The van der Waals surface area contributed by atoms with E-state index in [0.29, 0.717) is 35.1 Å². The molecule has 108 valence electrons. The number of carbonyl (C=O) groups is 2. The van der Waals surface area contributed by atoms with Crippen molar-refractivity contribution in [2.45, 2.75) is 25.8 Å². The van der Waals surface area contributed by atoms with E-state index in [4.69, 9.17) is 28.3 Å². The summed E-state index contributed by atoms with van der Waals surface area (Å²) >= 11 is 12.0. The summed E-state index contributed by atoms with van der Waals surface area (Å²) in [6, 6.07) is 1.95. The van der Waals surface area contributed by atoms with Crippen LogP contribution in [0.25, 0.3) is 0 Å². The van der Waals surface area contributed by atoms with E-state index in [1.165, 1.54) is 4.90 Å². The Morgan fingerprint density at radius 2 is 2.05 bits per heavy atom. The number of hydrogen-bond donors (Lipinski definition) is 2. The van der Waals surface area contributed by atoms with Gasteiger partial charge in [0.05, 0.1) is 10.7 Å². The summed E-state index contributed by atoms with van der Waals surface area (Å²) in [5.74, 6) is -0.995. The average Bonchev–Trinajstić information content (AvgIpc) is 2.85. The predicted octanol–water partition coefficient (Wildman–Crippen LogP) is 3.38. The first kappa shape index (κ1) is 14.9. The maximum Gasteiger partial charge on any atom is 0.326 e. The van der Waals surface area contributed by atoms with Crippen molar-refractivity contribution in [2.75, 3.05) is 11.9 Å². The van der Waals surface area contributed by atoms with Gasteiger partial charge in [-0.05, 0) is 37.5 Å². The van der Waals surface area contributed by atoms with Crippen molar-refractivity contribution in [3.63, 3.8) is 0 Å². The van der Waals surface area contributed by atoms with E-state index >= 15 is 0 Å². The first-order valence-electron chi connectivity index (χ1n) is 6.16. The molecular formula is C13H14Cl2N2O3. The van der Waals surface area contributed by atoms with Gasteiger partial charge in [-0.2, -0.15) is 0 Å². The Balaban J connectivity index is 2.16. The fraction of sp³-hybridized carbons (Fsp3) is 0.385. The summed E-state index contributed by atoms with van der Waals surface area (Å²) in [6.07, 6.45) is 1.14. The maximum absolute atomic E-state index is 12.1. The van der Waals surface area contributed by atoms with Crippen molar-refractivity contribution in [3.8, 4) is 0 Å². The topological polar surface area (TPSA) is 69.6 Å². The Bertz CT molecular complexity index is 563. The van der Waals surface area contributed by atoms with Crippen LogP contribution >= 0.6 is 23.2 Å². The Morgan fingerprint density at radius 1 is 1.35 bits per heavy atom. The number of hydrogen-bond acceptors (Lipinski definition) is 2. The van der Waals surface area contributed by atoms with E-state index < -0.39 is 18.0 Å². The van der Waals surface area contributed by atoms with E-state index in [-0.39, 0.29) is 0 Å². The number of carbonyl (C=O) groups excluding carboxylic acids is 1. The summed E-state index contributed by atoms with van der Waals surface area (Å²) in [4.78, 5) is 24.5. The van der Waals surface area contributed by atoms with Crippen LogP contribution in [-0.4, -0.2) is 34.6 Å². The molecule has 1 aliphatic heterocycles. The maximum atomic E-state index is 12.1. The lowest BCUT2D eigenvalue weighted by molar-refractivity contribution is -0.141. The Hall–Kier alpha value is -1.46. The summed E-state index contributed by atoms with van der Waals surface area (Å²) in [7, 11) is 0. The first-order valence-corrected chi connectivity index (χ1v) is 6.92. The lowest BCUT2D eigenvalue weighted by Gasteiger charge is -2.22. The van der Waals surface area contributed by atoms with Gasteiger partial charge in [-0.1, -0.05) is 23.2 Å². The number of amides is 2. The molecule has 0 aliphatic carbocycles. The van der Waals surface area contributed by atoms with Crippen LogP contribution in [-0.2, 0) is 4.79 Å². The lowest BCUT2D eigenvalue weighted by Crippen LogP contribution is -2.42. The number of nitrogens with one attached hydrogen (secondary N) is 1. The average molecular weight is 317 g/mol. The van der Waals surface area contributed by atoms with Crippen molar-refractivity contribution >= 4 is 40.9 Å². The molecule has 2 N–H and O–H groups in total. The predicted molar refractivity (Wildman–Crippen MR) is 77.6 cm³/mol. The molecule has 1 aromatic carbocycles. The van der Waals surface area contributed by atoms with E-state index in [1.807, 2.05) is 0 Å². The molecular weight excluding hydrogens is 303 g/mol. The van der Waals surface area contributed by atoms with E-state index in [1.54, 1.807) is 19.1 Å². The minimum atomic E-state index is -0.995. The second-order valence-electron chi connectivity index (χ2n) is 4.70. The lowest BCUT2D eigenvalue weighted by atomic mass is 10.2. The number of aliphatic carboxylic acids is 1. The molecule has 0 bridgehead atoms. The van der Waals surface area contributed by atoms with Crippen molar-refractivity contribution in [1.29, 1.82) is 0 Å². The second kappa shape index (κ2) is 5.89. The molecule has 0 aromatic heterocycles. The van der Waals surface area contributed by atoms with Gasteiger partial charge in [-0.3, -0.25) is 0 Å². The molecule has 2 rings (SSSR count). The number of benzene rings is 1. The SMILES string of the molecule is Cc1cc(Cl)c(NC(=O)N2CCC[C@H]2C(=O)O)cc1Cl. The number of halogens is 2. The van der Waals surface area contributed by atoms with Crippen molar-refractivity contribution < 1.29 is 14.7 Å². The number of likely N-dealkylation sites (tertiary alicyclic amines) is 1. The molecule has 0 saturated carbocycles. The molecule has 5 nitrogen and oxygen atoms in total. The van der Waals surface area contributed by atoms with Gasteiger partial charge < -0.3 is 15.3 Å². The van der Waals surface area contributed by atoms with Crippen molar-refractivity contribution in [1.82, 2.24) is 4.90 Å². The number of aryl methyl sites for hydroxylation is 1. The highest BCUT2D eigenvalue weighted by Gasteiger charge is 2.34. The van der Waals surface area contributed by atoms with Crippen LogP contribution in [0.5, 0.6) is 0 Å². The van der Waals surface area contributed by atoms with Gasteiger partial charge in [-0.25, -0.2) is 9.59 Å². The van der Waals surface area contributed by atoms with Gasteiger partial charge in [0.2, 0.25) is 0 Å². The molecule has 1 fully saturated rings. The summed E-state index contributed by atoms with van der Waals surface area (Å²) in [6.45, 7) is 2.22. The number of nitrogens with zero attached hydrogens (tertiary/aromatic N) is 1. The quantitative estimate of drug-likeness (QED) is 0.878. The van der Waals surface area contributed by atoms with Crippen LogP contribution in [0.3, 0.4) is 0 Å². The third-order valence-electron chi connectivity index (χ3n) is 3.29. The van der Waals surface area contributed by atoms with Crippen LogP contribution in [0.15, 0.2) is 12.1 Å². The van der Waals surface area contributed by atoms with Crippen LogP contribution in [0.2, 0.25) is 10.0 Å². The molecule has 1 aliphatic rings. The van der Waals surface area contributed by atoms with Gasteiger partial charge >= 0.3 is 12.0 Å². The molecule has 1 saturated heterocycles. The highest BCUT2D eigenvalue weighted by Crippen LogP contribution is 2.29. The van der Waals surface area contributed by atoms with Gasteiger partial charge in [0.15, 0.2) is 0 Å². The Kier molecular flexibility index (Phi) is 4.40. The summed E-state index contributed by atoms with van der Waals surface area (Å²) in [5.41, 5.74) is 1.18. The van der Waals surface area contributed by atoms with E-state index in [9.17, 15) is 9.59 Å². The monoisotopic (exact) mass is 316 g/mol. The minimum absolute atomic E-state index is 0.367. The normalized spacial score (nSPS) is 18.1. The largest absolute Gasteiger partial charge is 0.480 e. The Morgan fingerprint density at radius 3 is 2.70 bits per heavy atom. The van der Waals surface area contributed by atoms with E-state index in [2.05, 4.69) is 5.32 Å². The molecule has 0 radical (unpaired) electrons. The summed E-state index contributed by atoms with van der Waals surface area (Å²) in [5, 5.41) is 12.5. The minimum Gasteiger partial charge on any atom is -0.480 e. The summed E-state index contributed by atoms with van der Waals surface area (Å²) < 4.78 is 0. The zero-order valence-electron chi connectivity index (χ0n) is 10.8. The van der Waals surface area contributed by atoms with Crippen LogP contribution in [0.4, 0.5) is 10.5 Å². The molecule has 7 heteroatoms. The number of rotatable bonds is 2. The van der Waals surface area contributed by atoms with Crippen LogP contribution < -0.4 is 5.32 Å². The van der Waals surface area contributed by atoms with Crippen LogP contribution in [0, 0.1) is 6.92 Å². The zero-order chi connectivity index (χ0) is 14.9. The van der Waals surface area contributed by atoms with Gasteiger partial charge in [-0.15, -0.1) is 0 Å². The Labute approximate surface area is 126 Å². The first-order chi connectivity index (χ1) is 9.40. The fourth-order valence-electron chi connectivity index (χ4n) is 2.20. The number of urea groups is 1. The smallest absolute Gasteiger partial charge is 0.326 e. The number of carboxylic acids is 1. The molecule has 2 amide bonds. The van der Waals surface area contributed by atoms with Crippen molar-refractivity contribution in [3.05, 3.63) is 27.7 Å². The molecule has 20 heavy (non-hydrogen) atoms. The third kappa shape index (κ3) is 2.99. The zero-order valence-corrected chi connectivity index (χ0v) is 12.3. The van der Waals surface area contributed by atoms with E-state index in [0.717, 1.165) is 5.56 Å². The number of carboxylic acid groups (broad SMARTS) is 1.